The molecule has 4 heterocycles. The predicted octanol–water partition coefficient (Wildman–Crippen LogP) is 3.53. The van der Waals surface area contributed by atoms with Crippen molar-refractivity contribution >= 4 is 46.6 Å². The summed E-state index contributed by atoms with van der Waals surface area (Å²) in [5, 5.41) is 8.04. The number of morpholine rings is 2. The second-order valence-electron chi connectivity index (χ2n) is 8.19. The van der Waals surface area contributed by atoms with E-state index in [4.69, 9.17) is 21.1 Å². The van der Waals surface area contributed by atoms with Crippen LogP contribution < -0.4 is 20.5 Å². The highest BCUT2D eigenvalue weighted by atomic mass is 35.5. The largest absolute Gasteiger partial charge is 0.378 e. The second-order valence-corrected chi connectivity index (χ2v) is 8.60. The second kappa shape index (κ2) is 11.5. The molecule has 2 N–H and O–H groups in total. The maximum absolute atomic E-state index is 14.2. The van der Waals surface area contributed by atoms with Gasteiger partial charge in [-0.1, -0.05) is 11.6 Å². The van der Waals surface area contributed by atoms with Crippen LogP contribution in [-0.2, 0) is 9.47 Å². The van der Waals surface area contributed by atoms with Gasteiger partial charge in [0.25, 0.3) is 0 Å². The van der Waals surface area contributed by atoms with Crippen LogP contribution in [0.15, 0.2) is 47.8 Å². The number of nitrogens with zero attached hydrogens (tertiary/aromatic N) is 6. The summed E-state index contributed by atoms with van der Waals surface area (Å²) in [6.45, 7) is 5.37. The van der Waals surface area contributed by atoms with Gasteiger partial charge in [0, 0.05) is 31.9 Å². The highest BCUT2D eigenvalue weighted by Gasteiger charge is 2.18. The third kappa shape index (κ3) is 5.99. The van der Waals surface area contributed by atoms with Crippen LogP contribution in [0, 0.1) is 5.82 Å². The zero-order valence-electron chi connectivity index (χ0n) is 19.5. The van der Waals surface area contributed by atoms with E-state index >= 15 is 0 Å². The van der Waals surface area contributed by atoms with E-state index in [1.54, 1.807) is 6.20 Å². The van der Waals surface area contributed by atoms with Crippen LogP contribution in [0.25, 0.3) is 0 Å². The van der Waals surface area contributed by atoms with E-state index in [0.717, 1.165) is 49.6 Å². The first-order valence-electron chi connectivity index (χ1n) is 11.7. The average molecular weight is 513 g/mol. The number of hydrogen-bond donors (Lipinski definition) is 2. The average Bonchev–Trinajstić information content (AvgIpc) is 2.93. The van der Waals surface area contributed by atoms with E-state index in [-0.39, 0.29) is 11.8 Å². The summed E-state index contributed by atoms with van der Waals surface area (Å²) in [5.41, 5.74) is 6.02. The van der Waals surface area contributed by atoms with Crippen LogP contribution in [0.4, 0.5) is 33.2 Å². The third-order valence-electron chi connectivity index (χ3n) is 5.79. The molecule has 0 aliphatic carbocycles. The van der Waals surface area contributed by atoms with Crippen molar-refractivity contribution < 1.29 is 13.9 Å². The molecule has 1 aromatic carbocycles. The molecule has 188 valence electrons. The molecule has 0 spiro atoms. The van der Waals surface area contributed by atoms with Crippen molar-refractivity contribution in [2.24, 2.45) is 5.10 Å². The summed E-state index contributed by atoms with van der Waals surface area (Å²) >= 11 is 6.51. The van der Waals surface area contributed by atoms with Crippen molar-refractivity contribution in [1.29, 1.82) is 0 Å². The van der Waals surface area contributed by atoms with Crippen molar-refractivity contribution in [3.05, 3.63) is 59.3 Å². The minimum atomic E-state index is -0.480. The van der Waals surface area contributed by atoms with E-state index in [1.807, 2.05) is 35.2 Å². The Labute approximate surface area is 213 Å². The molecule has 0 amide bonds. The molecule has 0 atom stereocenters. The fourth-order valence-electron chi connectivity index (χ4n) is 3.90. The Balaban J connectivity index is 1.18. The Morgan fingerprint density at radius 1 is 0.944 bits per heavy atom. The predicted molar refractivity (Wildman–Crippen MR) is 138 cm³/mol. The number of benzene rings is 1. The smallest absolute Gasteiger partial charge is 0.245 e. The SMILES string of the molecule is Fc1cnc(N/N=C/c2ccc(Nc3ccc(N4CCOCC4)cc3Cl)cn2)nc1N1CCOCC1. The summed E-state index contributed by atoms with van der Waals surface area (Å²) in [6.07, 6.45) is 4.36. The first-order valence-corrected chi connectivity index (χ1v) is 12.0. The summed E-state index contributed by atoms with van der Waals surface area (Å²) in [7, 11) is 0. The van der Waals surface area contributed by atoms with Crippen LogP contribution in [0.1, 0.15) is 5.69 Å². The summed E-state index contributed by atoms with van der Waals surface area (Å²) in [4.78, 5) is 16.7. The van der Waals surface area contributed by atoms with Crippen molar-refractivity contribution in [1.82, 2.24) is 15.0 Å². The van der Waals surface area contributed by atoms with E-state index < -0.39 is 5.82 Å². The van der Waals surface area contributed by atoms with Crippen molar-refractivity contribution in [2.45, 2.75) is 0 Å². The molecular weight excluding hydrogens is 487 g/mol. The quantitative estimate of drug-likeness (QED) is 0.363. The molecule has 10 nitrogen and oxygen atoms in total. The molecule has 2 fully saturated rings. The Kier molecular flexibility index (Phi) is 7.70. The molecule has 2 aromatic heterocycles. The van der Waals surface area contributed by atoms with Crippen LogP contribution in [0.5, 0.6) is 0 Å². The lowest BCUT2D eigenvalue weighted by atomic mass is 10.2. The molecule has 12 heteroatoms. The van der Waals surface area contributed by atoms with Crippen LogP contribution in [0.3, 0.4) is 0 Å². The summed E-state index contributed by atoms with van der Waals surface area (Å²) in [5.74, 6) is -0.0502. The Bertz CT molecular complexity index is 1200. The van der Waals surface area contributed by atoms with Gasteiger partial charge in [0.05, 0.1) is 67.1 Å². The molecule has 2 saturated heterocycles. The van der Waals surface area contributed by atoms with Gasteiger partial charge in [0.2, 0.25) is 5.95 Å². The van der Waals surface area contributed by atoms with E-state index in [2.05, 4.69) is 35.7 Å². The monoisotopic (exact) mass is 512 g/mol. The summed E-state index contributed by atoms with van der Waals surface area (Å²) < 4.78 is 24.9. The van der Waals surface area contributed by atoms with Gasteiger partial charge in [-0.25, -0.2) is 14.8 Å². The molecule has 0 radical (unpaired) electrons. The number of hydrazone groups is 1. The normalized spacial score (nSPS) is 16.4. The van der Waals surface area contributed by atoms with Gasteiger partial charge in [-0.2, -0.15) is 10.1 Å². The number of aromatic nitrogens is 3. The molecule has 36 heavy (non-hydrogen) atoms. The number of halogens is 2. The van der Waals surface area contributed by atoms with Gasteiger partial charge in [0.1, 0.15) is 0 Å². The van der Waals surface area contributed by atoms with Gasteiger partial charge in [-0.15, -0.1) is 0 Å². The first-order chi connectivity index (χ1) is 17.7. The highest BCUT2D eigenvalue weighted by Crippen LogP contribution is 2.30. The van der Waals surface area contributed by atoms with Gasteiger partial charge >= 0.3 is 0 Å². The maximum Gasteiger partial charge on any atom is 0.245 e. The van der Waals surface area contributed by atoms with Crippen LogP contribution >= 0.6 is 11.6 Å². The van der Waals surface area contributed by atoms with Gasteiger partial charge in [-0.05, 0) is 30.3 Å². The van der Waals surface area contributed by atoms with Crippen LogP contribution in [-0.4, -0.2) is 73.8 Å². The fraction of sp³-hybridized carbons (Fsp3) is 0.333. The number of ether oxygens (including phenoxy) is 2. The topological polar surface area (TPSA) is 100 Å². The first kappa shape index (κ1) is 24.2. The minimum Gasteiger partial charge on any atom is -0.378 e. The number of pyridine rings is 1. The van der Waals surface area contributed by atoms with Crippen molar-refractivity contribution in [3.8, 4) is 0 Å². The number of anilines is 5. The van der Waals surface area contributed by atoms with Gasteiger partial charge in [-0.3, -0.25) is 4.98 Å². The molecule has 5 rings (SSSR count). The van der Waals surface area contributed by atoms with E-state index in [1.165, 1.54) is 6.21 Å². The standard InChI is InChI=1S/C24H26ClFN8O2/c25-20-13-19(33-5-9-35-10-6-33)3-4-22(20)30-18-2-1-17(27-14-18)15-29-32-24-28-16-21(26)23(31-24)34-7-11-36-12-8-34/h1-4,13-16,30H,5-12H2,(H,28,31,32)/b29-15+. The molecule has 3 aromatic rings. The number of rotatable bonds is 7. The van der Waals surface area contributed by atoms with Gasteiger partial charge < -0.3 is 24.6 Å². The summed E-state index contributed by atoms with van der Waals surface area (Å²) in [6, 6.07) is 9.65. The molecule has 0 saturated carbocycles. The lowest BCUT2D eigenvalue weighted by molar-refractivity contribution is 0.122. The Hall–Kier alpha value is -3.54. The molecule has 2 aliphatic rings. The lowest BCUT2D eigenvalue weighted by Crippen LogP contribution is -2.37. The molecule has 0 bridgehead atoms. The van der Waals surface area contributed by atoms with Crippen molar-refractivity contribution in [2.75, 3.05) is 73.1 Å². The van der Waals surface area contributed by atoms with E-state index in [9.17, 15) is 4.39 Å². The van der Waals surface area contributed by atoms with Crippen molar-refractivity contribution in [3.63, 3.8) is 0 Å². The molecule has 0 unspecified atom stereocenters. The number of nitrogens with one attached hydrogen (secondary N) is 2. The maximum atomic E-state index is 14.2. The zero-order valence-corrected chi connectivity index (χ0v) is 20.3. The minimum absolute atomic E-state index is 0.197. The Morgan fingerprint density at radius 3 is 2.39 bits per heavy atom. The van der Waals surface area contributed by atoms with E-state index in [0.29, 0.717) is 37.0 Å². The molecule has 2 aliphatic heterocycles. The van der Waals surface area contributed by atoms with Gasteiger partial charge in [0.15, 0.2) is 11.6 Å². The lowest BCUT2D eigenvalue weighted by Gasteiger charge is -2.29. The fourth-order valence-corrected chi connectivity index (χ4v) is 4.12. The Morgan fingerprint density at radius 2 is 1.69 bits per heavy atom. The van der Waals surface area contributed by atoms with Crippen LogP contribution in [0.2, 0.25) is 5.02 Å². The number of hydrogen-bond acceptors (Lipinski definition) is 10. The third-order valence-corrected chi connectivity index (χ3v) is 6.10. The highest BCUT2D eigenvalue weighted by molar-refractivity contribution is 6.33. The molecular formula is C24H26ClFN8O2. The zero-order chi connectivity index (χ0) is 24.7.